The molecule has 0 atom stereocenters. The Morgan fingerprint density at radius 3 is 2.38 bits per heavy atom. The molecule has 0 saturated heterocycles. The van der Waals surface area contributed by atoms with Crippen LogP contribution in [0.25, 0.3) is 5.57 Å². The molecule has 0 radical (unpaired) electrons. The van der Waals surface area contributed by atoms with Gasteiger partial charge in [-0.1, -0.05) is 62.4 Å². The minimum atomic E-state index is -0.105. The number of para-hydroxylation sites is 1. The molecule has 4 rings (SSSR count). The highest BCUT2D eigenvalue weighted by molar-refractivity contribution is 5.89. The predicted molar refractivity (Wildman–Crippen MR) is 117 cm³/mol. The Morgan fingerprint density at radius 1 is 0.966 bits per heavy atom. The number of hydrogen-bond acceptors (Lipinski definition) is 3. The molecule has 1 heterocycles. The summed E-state index contributed by atoms with van der Waals surface area (Å²) in [7, 11) is 2.10. The van der Waals surface area contributed by atoms with Gasteiger partial charge in [-0.05, 0) is 47.2 Å². The topological polar surface area (TPSA) is 50.8 Å². The standard InChI is InChI=1S/C26H23N3/c1-26(2)22-10-6-7-11-23(22)29(3)24(26)15-14-19-13-12-18-8-4-5-9-21(18)25(19)20(16-27)17-28/h4-11,14-15H,12-13H2,1-3H3/b19-14+,24-15+. The van der Waals surface area contributed by atoms with Crippen LogP contribution in [0.5, 0.6) is 0 Å². The second-order valence-corrected chi connectivity index (χ2v) is 8.08. The van der Waals surface area contributed by atoms with E-state index in [2.05, 4.69) is 80.4 Å². The first-order valence-corrected chi connectivity index (χ1v) is 9.86. The smallest absolute Gasteiger partial charge is 0.137 e. The average Bonchev–Trinajstić information content (AvgIpc) is 2.94. The van der Waals surface area contributed by atoms with E-state index in [0.29, 0.717) is 0 Å². The zero-order valence-corrected chi connectivity index (χ0v) is 17.0. The minimum Gasteiger partial charge on any atom is -0.347 e. The van der Waals surface area contributed by atoms with E-state index in [1.165, 1.54) is 22.5 Å². The fourth-order valence-corrected chi connectivity index (χ4v) is 4.63. The summed E-state index contributed by atoms with van der Waals surface area (Å²) in [5, 5.41) is 19.1. The number of benzene rings is 2. The van der Waals surface area contributed by atoms with Crippen LogP contribution in [-0.2, 0) is 11.8 Å². The van der Waals surface area contributed by atoms with E-state index in [1.807, 2.05) is 18.2 Å². The molecule has 1 aliphatic heterocycles. The van der Waals surface area contributed by atoms with Crippen LogP contribution >= 0.6 is 0 Å². The lowest BCUT2D eigenvalue weighted by Crippen LogP contribution is -2.22. The van der Waals surface area contributed by atoms with E-state index in [1.54, 1.807) is 0 Å². The zero-order valence-electron chi connectivity index (χ0n) is 17.0. The van der Waals surface area contributed by atoms with Crippen LogP contribution in [0.15, 0.2) is 77.5 Å². The molecule has 0 fully saturated rings. The first-order chi connectivity index (χ1) is 14.0. The van der Waals surface area contributed by atoms with E-state index in [9.17, 15) is 10.5 Å². The van der Waals surface area contributed by atoms with Crippen LogP contribution in [0, 0.1) is 22.7 Å². The van der Waals surface area contributed by atoms with Gasteiger partial charge in [-0.25, -0.2) is 0 Å². The number of allylic oxidation sites excluding steroid dienone is 6. The Kier molecular flexibility index (Phi) is 4.61. The SMILES string of the molecule is CN1/C(=C/C=C2\CCc3ccccc3C2=C(C#N)C#N)C(C)(C)c2ccccc21. The maximum absolute atomic E-state index is 9.56. The summed E-state index contributed by atoms with van der Waals surface area (Å²) in [5.74, 6) is 0. The highest BCUT2D eigenvalue weighted by atomic mass is 15.2. The number of nitrogens with zero attached hydrogens (tertiary/aromatic N) is 3. The van der Waals surface area contributed by atoms with Gasteiger partial charge in [-0.2, -0.15) is 10.5 Å². The third-order valence-electron chi connectivity index (χ3n) is 6.13. The van der Waals surface area contributed by atoms with Crippen LogP contribution in [0.3, 0.4) is 0 Å². The van der Waals surface area contributed by atoms with Gasteiger partial charge in [0.1, 0.15) is 17.7 Å². The number of anilines is 1. The van der Waals surface area contributed by atoms with Gasteiger partial charge in [0, 0.05) is 29.4 Å². The van der Waals surface area contributed by atoms with Gasteiger partial charge < -0.3 is 4.90 Å². The molecule has 3 heteroatoms. The summed E-state index contributed by atoms with van der Waals surface area (Å²) in [4.78, 5) is 2.24. The van der Waals surface area contributed by atoms with E-state index >= 15 is 0 Å². The van der Waals surface area contributed by atoms with Gasteiger partial charge in [0.15, 0.2) is 0 Å². The monoisotopic (exact) mass is 377 g/mol. The van der Waals surface area contributed by atoms with E-state index in [0.717, 1.165) is 29.6 Å². The Bertz CT molecular complexity index is 1150. The minimum absolute atomic E-state index is 0.105. The highest BCUT2D eigenvalue weighted by Crippen LogP contribution is 2.47. The van der Waals surface area contributed by atoms with Crippen LogP contribution < -0.4 is 4.90 Å². The molecule has 0 N–H and O–H groups in total. The molecule has 2 aliphatic rings. The molecule has 2 aromatic rings. The Labute approximate surface area is 172 Å². The maximum atomic E-state index is 9.56. The van der Waals surface area contributed by atoms with Crippen LogP contribution in [0.1, 0.15) is 37.0 Å². The van der Waals surface area contributed by atoms with Crippen molar-refractivity contribution in [1.29, 1.82) is 10.5 Å². The third kappa shape index (κ3) is 2.96. The molecule has 2 aromatic carbocycles. The number of nitriles is 2. The lowest BCUT2D eigenvalue weighted by atomic mass is 9.80. The molecule has 142 valence electrons. The van der Waals surface area contributed by atoms with Crippen molar-refractivity contribution in [3.05, 3.63) is 94.2 Å². The second kappa shape index (κ2) is 7.12. The molecule has 29 heavy (non-hydrogen) atoms. The lowest BCUT2D eigenvalue weighted by Gasteiger charge is -2.25. The maximum Gasteiger partial charge on any atom is 0.137 e. The van der Waals surface area contributed by atoms with Crippen molar-refractivity contribution in [2.24, 2.45) is 0 Å². The molecule has 0 amide bonds. The summed E-state index contributed by atoms with van der Waals surface area (Å²) in [6.07, 6.45) is 6.01. The first kappa shape index (κ1) is 18.8. The summed E-state index contributed by atoms with van der Waals surface area (Å²) >= 11 is 0. The van der Waals surface area contributed by atoms with Crippen molar-refractivity contribution in [3.63, 3.8) is 0 Å². The van der Waals surface area contributed by atoms with Gasteiger partial charge in [-0.3, -0.25) is 0 Å². The molecule has 0 aromatic heterocycles. The molecule has 0 spiro atoms. The molecule has 0 unspecified atom stereocenters. The van der Waals surface area contributed by atoms with Crippen molar-refractivity contribution < 1.29 is 0 Å². The normalized spacial score (nSPS) is 19.5. The van der Waals surface area contributed by atoms with Crippen LogP contribution in [0.2, 0.25) is 0 Å². The van der Waals surface area contributed by atoms with E-state index < -0.39 is 0 Å². The Morgan fingerprint density at radius 2 is 1.66 bits per heavy atom. The quantitative estimate of drug-likeness (QED) is 0.602. The lowest BCUT2D eigenvalue weighted by molar-refractivity contribution is 0.640. The molecular weight excluding hydrogens is 354 g/mol. The second-order valence-electron chi connectivity index (χ2n) is 8.08. The van der Waals surface area contributed by atoms with Gasteiger partial charge >= 0.3 is 0 Å². The van der Waals surface area contributed by atoms with E-state index in [4.69, 9.17) is 0 Å². The Hall–Kier alpha value is -3.56. The van der Waals surface area contributed by atoms with Crippen molar-refractivity contribution in [2.75, 3.05) is 11.9 Å². The molecule has 3 nitrogen and oxygen atoms in total. The van der Waals surface area contributed by atoms with Gasteiger partial charge in [0.05, 0.1) is 0 Å². The predicted octanol–water partition coefficient (Wildman–Crippen LogP) is 5.67. The molecular formula is C26H23N3. The number of fused-ring (bicyclic) bond motifs is 2. The van der Waals surface area contributed by atoms with Crippen molar-refractivity contribution in [2.45, 2.75) is 32.1 Å². The summed E-state index contributed by atoms with van der Waals surface area (Å²) < 4.78 is 0. The van der Waals surface area contributed by atoms with Crippen molar-refractivity contribution in [1.82, 2.24) is 0 Å². The zero-order chi connectivity index (χ0) is 20.6. The largest absolute Gasteiger partial charge is 0.347 e. The van der Waals surface area contributed by atoms with Gasteiger partial charge in [0.25, 0.3) is 0 Å². The first-order valence-electron chi connectivity index (χ1n) is 9.86. The van der Waals surface area contributed by atoms with Gasteiger partial charge in [-0.15, -0.1) is 0 Å². The summed E-state index contributed by atoms with van der Waals surface area (Å²) in [5.41, 5.74) is 7.85. The average molecular weight is 377 g/mol. The third-order valence-corrected chi connectivity index (χ3v) is 6.13. The molecule has 1 aliphatic carbocycles. The van der Waals surface area contributed by atoms with Crippen molar-refractivity contribution in [3.8, 4) is 12.1 Å². The molecule has 0 bridgehead atoms. The van der Waals surface area contributed by atoms with Crippen molar-refractivity contribution >= 4 is 11.3 Å². The summed E-state index contributed by atoms with van der Waals surface area (Å²) in [6.45, 7) is 4.48. The van der Waals surface area contributed by atoms with Gasteiger partial charge in [0.2, 0.25) is 0 Å². The highest BCUT2D eigenvalue weighted by Gasteiger charge is 2.37. The number of aryl methyl sites for hydroxylation is 1. The summed E-state index contributed by atoms with van der Waals surface area (Å²) in [6, 6.07) is 20.8. The fourth-order valence-electron chi connectivity index (χ4n) is 4.63. The number of rotatable bonds is 1. The number of hydrogen-bond donors (Lipinski definition) is 0. The molecule has 0 saturated carbocycles. The van der Waals surface area contributed by atoms with Crippen LogP contribution in [0.4, 0.5) is 5.69 Å². The van der Waals surface area contributed by atoms with Crippen LogP contribution in [-0.4, -0.2) is 7.05 Å². The number of likely N-dealkylation sites (N-methyl/N-ethyl adjacent to an activating group) is 1. The van der Waals surface area contributed by atoms with E-state index in [-0.39, 0.29) is 11.0 Å². The Balaban J connectivity index is 1.84. The fraction of sp³-hybridized carbons (Fsp3) is 0.231.